The van der Waals surface area contributed by atoms with Crippen LogP contribution < -0.4 is 5.32 Å². The largest absolute Gasteiger partial charge is 0.378 e. The molecule has 2 unspecified atom stereocenters. The Labute approximate surface area is 115 Å². The number of nitrogens with one attached hydrogen (secondary N) is 1. The maximum atomic E-state index is 12.1. The van der Waals surface area contributed by atoms with Gasteiger partial charge < -0.3 is 15.0 Å². The zero-order valence-corrected chi connectivity index (χ0v) is 11.6. The van der Waals surface area contributed by atoms with Crippen molar-refractivity contribution < 1.29 is 9.53 Å². The van der Waals surface area contributed by atoms with Gasteiger partial charge in [-0.15, -0.1) is 0 Å². The third-order valence-electron chi connectivity index (χ3n) is 4.74. The zero-order valence-electron chi connectivity index (χ0n) is 11.6. The molecule has 0 aromatic rings. The highest BCUT2D eigenvalue weighted by molar-refractivity contribution is 5.78. The minimum Gasteiger partial charge on any atom is -0.378 e. The molecule has 5 nitrogen and oxygen atoms in total. The van der Waals surface area contributed by atoms with E-state index in [0.717, 1.165) is 13.1 Å². The first kappa shape index (κ1) is 13.3. The van der Waals surface area contributed by atoms with E-state index in [0.29, 0.717) is 31.8 Å². The molecular weight excluding hydrogens is 242 g/mol. The van der Waals surface area contributed by atoms with Crippen LogP contribution in [0.3, 0.4) is 0 Å². The summed E-state index contributed by atoms with van der Waals surface area (Å²) in [6.45, 7) is 5.82. The summed E-state index contributed by atoms with van der Waals surface area (Å²) in [7, 11) is 0. The summed E-state index contributed by atoms with van der Waals surface area (Å²) in [4.78, 5) is 16.6. The summed E-state index contributed by atoms with van der Waals surface area (Å²) < 4.78 is 5.28. The maximum absolute atomic E-state index is 12.1. The lowest BCUT2D eigenvalue weighted by atomic mass is 9.99. The number of carbonyl (C=O) groups excluding carboxylic acids is 1. The van der Waals surface area contributed by atoms with Crippen LogP contribution in [0.5, 0.6) is 0 Å². The van der Waals surface area contributed by atoms with E-state index in [1.54, 1.807) is 0 Å². The zero-order chi connectivity index (χ0) is 13.1. The summed E-state index contributed by atoms with van der Waals surface area (Å²) in [5, 5.41) is 3.50. The van der Waals surface area contributed by atoms with Gasteiger partial charge in [0.15, 0.2) is 0 Å². The molecule has 5 heteroatoms. The summed E-state index contributed by atoms with van der Waals surface area (Å²) >= 11 is 0. The van der Waals surface area contributed by atoms with Crippen LogP contribution in [-0.4, -0.2) is 73.7 Å². The first-order chi connectivity index (χ1) is 9.34. The molecule has 19 heavy (non-hydrogen) atoms. The Morgan fingerprint density at radius 3 is 2.79 bits per heavy atom. The fraction of sp³-hybridized carbons (Fsp3) is 0.929. The fourth-order valence-corrected chi connectivity index (χ4v) is 3.63. The van der Waals surface area contributed by atoms with Crippen molar-refractivity contribution in [3.05, 3.63) is 0 Å². The van der Waals surface area contributed by atoms with E-state index in [9.17, 15) is 4.79 Å². The molecule has 0 bridgehead atoms. The molecule has 2 atom stereocenters. The number of hydrogen-bond acceptors (Lipinski definition) is 4. The SMILES string of the molecule is O=C(CNC1CCN2CCCCC12)N1CCOCC1. The second-order valence-electron chi connectivity index (χ2n) is 5.87. The Kier molecular flexibility index (Phi) is 4.35. The number of fused-ring (bicyclic) bond motifs is 1. The van der Waals surface area contributed by atoms with Crippen molar-refractivity contribution >= 4 is 5.91 Å². The second-order valence-corrected chi connectivity index (χ2v) is 5.87. The standard InChI is InChI=1S/C14H25N3O2/c18-14(17-7-9-19-10-8-17)11-15-12-4-6-16-5-2-1-3-13(12)16/h12-13,15H,1-11H2. The monoisotopic (exact) mass is 267 g/mol. The first-order valence-corrected chi connectivity index (χ1v) is 7.67. The molecule has 3 aliphatic rings. The van der Waals surface area contributed by atoms with E-state index < -0.39 is 0 Å². The van der Waals surface area contributed by atoms with Crippen LogP contribution in [0.4, 0.5) is 0 Å². The van der Waals surface area contributed by atoms with Crippen molar-refractivity contribution in [2.75, 3.05) is 45.9 Å². The Morgan fingerprint density at radius 2 is 1.95 bits per heavy atom. The Morgan fingerprint density at radius 1 is 1.11 bits per heavy atom. The molecule has 0 radical (unpaired) electrons. The van der Waals surface area contributed by atoms with Crippen molar-refractivity contribution in [2.45, 2.75) is 37.8 Å². The van der Waals surface area contributed by atoms with Gasteiger partial charge in [0.25, 0.3) is 0 Å². The molecule has 0 aromatic carbocycles. The fourth-order valence-electron chi connectivity index (χ4n) is 3.63. The number of piperidine rings is 1. The number of carbonyl (C=O) groups is 1. The van der Waals surface area contributed by atoms with Crippen molar-refractivity contribution in [2.24, 2.45) is 0 Å². The van der Waals surface area contributed by atoms with E-state index in [4.69, 9.17) is 4.74 Å². The molecule has 3 aliphatic heterocycles. The molecule has 3 saturated heterocycles. The molecule has 0 aromatic heterocycles. The number of nitrogens with zero attached hydrogens (tertiary/aromatic N) is 2. The van der Waals surface area contributed by atoms with E-state index in [-0.39, 0.29) is 5.91 Å². The van der Waals surface area contributed by atoms with Gasteiger partial charge in [-0.3, -0.25) is 9.69 Å². The van der Waals surface area contributed by atoms with Crippen LogP contribution in [-0.2, 0) is 9.53 Å². The molecule has 3 rings (SSSR count). The van der Waals surface area contributed by atoms with Crippen molar-refractivity contribution in [1.82, 2.24) is 15.1 Å². The van der Waals surface area contributed by atoms with Crippen LogP contribution in [0.15, 0.2) is 0 Å². The molecule has 0 saturated carbocycles. The van der Waals surface area contributed by atoms with E-state index in [1.807, 2.05) is 4.90 Å². The third-order valence-corrected chi connectivity index (χ3v) is 4.74. The van der Waals surface area contributed by atoms with Gasteiger partial charge in [-0.2, -0.15) is 0 Å². The number of rotatable bonds is 3. The minimum absolute atomic E-state index is 0.234. The predicted octanol–water partition coefficient (Wildman–Crippen LogP) is 0.0616. The van der Waals surface area contributed by atoms with Gasteiger partial charge in [0.2, 0.25) is 5.91 Å². The molecule has 108 valence electrons. The Balaban J connectivity index is 1.45. The van der Waals surface area contributed by atoms with Gasteiger partial charge in [-0.25, -0.2) is 0 Å². The highest BCUT2D eigenvalue weighted by atomic mass is 16.5. The van der Waals surface area contributed by atoms with Gasteiger partial charge in [0.1, 0.15) is 0 Å². The lowest BCUT2D eigenvalue weighted by Crippen LogP contribution is -2.50. The maximum Gasteiger partial charge on any atom is 0.236 e. The number of hydrogen-bond donors (Lipinski definition) is 1. The lowest BCUT2D eigenvalue weighted by molar-refractivity contribution is -0.134. The quantitative estimate of drug-likeness (QED) is 0.785. The predicted molar refractivity (Wildman–Crippen MR) is 73.0 cm³/mol. The summed E-state index contributed by atoms with van der Waals surface area (Å²) in [6.07, 6.45) is 5.18. The summed E-state index contributed by atoms with van der Waals surface area (Å²) in [6, 6.07) is 1.19. The van der Waals surface area contributed by atoms with E-state index in [1.165, 1.54) is 38.8 Å². The molecular formula is C14H25N3O2. The number of morpholine rings is 1. The van der Waals surface area contributed by atoms with Gasteiger partial charge >= 0.3 is 0 Å². The second kappa shape index (κ2) is 6.20. The van der Waals surface area contributed by atoms with Crippen LogP contribution in [0.1, 0.15) is 25.7 Å². The average molecular weight is 267 g/mol. The topological polar surface area (TPSA) is 44.8 Å². The Hall–Kier alpha value is -0.650. The Bertz CT molecular complexity index is 318. The molecule has 0 aliphatic carbocycles. The highest BCUT2D eigenvalue weighted by Gasteiger charge is 2.35. The molecule has 0 spiro atoms. The van der Waals surface area contributed by atoms with Gasteiger partial charge in [-0.05, 0) is 25.8 Å². The normalized spacial score (nSPS) is 32.3. The van der Waals surface area contributed by atoms with Crippen LogP contribution >= 0.6 is 0 Å². The van der Waals surface area contributed by atoms with Crippen LogP contribution in [0.2, 0.25) is 0 Å². The third kappa shape index (κ3) is 3.09. The van der Waals surface area contributed by atoms with Gasteiger partial charge in [-0.1, -0.05) is 6.42 Å². The van der Waals surface area contributed by atoms with Crippen LogP contribution in [0.25, 0.3) is 0 Å². The number of amides is 1. The smallest absolute Gasteiger partial charge is 0.236 e. The minimum atomic E-state index is 0.234. The van der Waals surface area contributed by atoms with Gasteiger partial charge in [0, 0.05) is 31.7 Å². The average Bonchev–Trinajstić information content (AvgIpc) is 2.89. The van der Waals surface area contributed by atoms with E-state index in [2.05, 4.69) is 10.2 Å². The van der Waals surface area contributed by atoms with Crippen molar-refractivity contribution in [3.63, 3.8) is 0 Å². The summed E-state index contributed by atoms with van der Waals surface area (Å²) in [5.74, 6) is 0.234. The van der Waals surface area contributed by atoms with Crippen LogP contribution in [0, 0.1) is 0 Å². The molecule has 1 N–H and O–H groups in total. The molecule has 1 amide bonds. The molecule has 3 heterocycles. The lowest BCUT2D eigenvalue weighted by Gasteiger charge is -2.33. The van der Waals surface area contributed by atoms with Crippen molar-refractivity contribution in [3.8, 4) is 0 Å². The first-order valence-electron chi connectivity index (χ1n) is 7.67. The summed E-state index contributed by atoms with van der Waals surface area (Å²) in [5.41, 5.74) is 0. The van der Waals surface area contributed by atoms with Gasteiger partial charge in [0.05, 0.1) is 19.8 Å². The van der Waals surface area contributed by atoms with Crippen molar-refractivity contribution in [1.29, 1.82) is 0 Å². The molecule has 3 fully saturated rings. The number of ether oxygens (including phenoxy) is 1. The highest BCUT2D eigenvalue weighted by Crippen LogP contribution is 2.26. The van der Waals surface area contributed by atoms with E-state index >= 15 is 0 Å².